The zero-order valence-electron chi connectivity index (χ0n) is 30.1. The lowest BCUT2D eigenvalue weighted by Gasteiger charge is -2.58. The maximum atomic E-state index is 12.2. The fourth-order valence-electron chi connectivity index (χ4n) is 9.89. The number of ether oxygens (including phenoxy) is 1. The van der Waals surface area contributed by atoms with Crippen LogP contribution >= 0.6 is 0 Å². The Labute approximate surface area is 266 Å². The third-order valence-corrected chi connectivity index (χ3v) is 18.1. The van der Waals surface area contributed by atoms with E-state index in [1.54, 1.807) is 5.57 Å². The number of allylic oxidation sites excluding steroid dienone is 1. The molecule has 0 aromatic carbocycles. The molecule has 4 rings (SSSR count). The van der Waals surface area contributed by atoms with Gasteiger partial charge < -0.3 is 14.3 Å². The molecule has 248 valence electrons. The number of hydrogen-bond donors (Lipinski definition) is 1. The van der Waals surface area contributed by atoms with Crippen molar-refractivity contribution in [2.45, 2.75) is 164 Å². The van der Waals surface area contributed by atoms with Gasteiger partial charge in [-0.15, -0.1) is 0 Å². The maximum absolute atomic E-state index is 12.2. The molecule has 1 N–H and O–H groups in total. The number of carbonyl (C=O) groups is 1. The molecule has 0 bridgehead atoms. The largest absolute Gasteiger partial charge is 0.465 e. The molecule has 10 atom stereocenters. The summed E-state index contributed by atoms with van der Waals surface area (Å²) in [5, 5.41) is 11.8. The summed E-state index contributed by atoms with van der Waals surface area (Å²) in [4.78, 5) is 12.2. The Morgan fingerprint density at radius 1 is 1.05 bits per heavy atom. The van der Waals surface area contributed by atoms with Crippen molar-refractivity contribution in [3.63, 3.8) is 0 Å². The van der Waals surface area contributed by atoms with E-state index in [0.29, 0.717) is 47.7 Å². The Bertz CT molecular complexity index is 1020. The molecule has 0 heterocycles. The van der Waals surface area contributed by atoms with Crippen molar-refractivity contribution in [3.05, 3.63) is 11.6 Å². The molecule has 0 aliphatic heterocycles. The average molecular weight is 617 g/mol. The van der Waals surface area contributed by atoms with Crippen LogP contribution in [0.25, 0.3) is 0 Å². The summed E-state index contributed by atoms with van der Waals surface area (Å²) in [5.74, 6) is 3.24. The topological polar surface area (TPSA) is 55.8 Å². The van der Waals surface area contributed by atoms with Crippen LogP contribution in [0.15, 0.2) is 11.6 Å². The first kappa shape index (κ1) is 35.2. The maximum Gasteiger partial charge on any atom is 0.311 e. The zero-order valence-corrected chi connectivity index (χ0v) is 31.1. The quantitative estimate of drug-likeness (QED) is 0.159. The Hall–Kier alpha value is -0.653. The Balaban J connectivity index is 1.37. The molecule has 0 spiro atoms. The van der Waals surface area contributed by atoms with E-state index in [1.807, 2.05) is 20.8 Å². The SMILES string of the molecule is C[C@H](CCC[C@@H](C)[C@H]1[C@@H](O)C[C@H]2[C@@H]3CC=C4C[C@@H](O[Si](C)(C)C(C)(C)C)CC[C@]4(C)[C@H]3CC[C@]12C)COC(=O)C(C)(C)C. The third-order valence-electron chi connectivity index (χ3n) is 13.5. The van der Waals surface area contributed by atoms with Gasteiger partial charge >= 0.3 is 5.97 Å². The van der Waals surface area contributed by atoms with Gasteiger partial charge in [-0.2, -0.15) is 0 Å². The first-order chi connectivity index (χ1) is 19.7. The van der Waals surface area contributed by atoms with Gasteiger partial charge in [0.2, 0.25) is 0 Å². The lowest BCUT2D eigenvalue weighted by Crippen LogP contribution is -2.52. The standard InChI is InChI=1S/C38H68O4Si/c1-25(24-41-34(40)35(3,4)5)14-13-15-26(2)33-32(39)23-31-29-17-16-27-22-28(42-43(11,12)36(6,7)8)18-20-37(27,9)30(29)19-21-38(31,33)10/h16,25-26,28-33,39H,13-15,17-24H2,1-12H3/t25-,26-,28+,29-,30+,31+,32+,33+,37+,38+/m1/s1. The minimum atomic E-state index is -1.77. The van der Waals surface area contributed by atoms with Crippen LogP contribution in [0, 0.1) is 51.8 Å². The molecule has 0 unspecified atom stereocenters. The Morgan fingerprint density at radius 3 is 2.35 bits per heavy atom. The monoisotopic (exact) mass is 616 g/mol. The van der Waals surface area contributed by atoms with Crippen LogP contribution < -0.4 is 0 Å². The number of hydrogen-bond acceptors (Lipinski definition) is 4. The van der Waals surface area contributed by atoms with Gasteiger partial charge in [-0.3, -0.25) is 4.79 Å². The predicted octanol–water partition coefficient (Wildman–Crippen LogP) is 9.96. The molecule has 43 heavy (non-hydrogen) atoms. The van der Waals surface area contributed by atoms with Crippen LogP contribution in [0.4, 0.5) is 0 Å². The van der Waals surface area contributed by atoms with Gasteiger partial charge in [-0.05, 0) is 137 Å². The lowest BCUT2D eigenvalue weighted by atomic mass is 9.47. The number of esters is 1. The van der Waals surface area contributed by atoms with Crippen molar-refractivity contribution >= 4 is 14.3 Å². The van der Waals surface area contributed by atoms with Crippen molar-refractivity contribution in [1.82, 2.24) is 0 Å². The van der Waals surface area contributed by atoms with Gasteiger partial charge in [0.1, 0.15) is 0 Å². The highest BCUT2D eigenvalue weighted by Gasteiger charge is 2.61. The second-order valence-corrected chi connectivity index (χ2v) is 23.5. The van der Waals surface area contributed by atoms with Gasteiger partial charge in [-0.25, -0.2) is 0 Å². The van der Waals surface area contributed by atoms with E-state index < -0.39 is 13.7 Å². The fourth-order valence-corrected chi connectivity index (χ4v) is 11.3. The molecule has 4 aliphatic carbocycles. The van der Waals surface area contributed by atoms with E-state index in [0.717, 1.165) is 38.0 Å². The molecular weight excluding hydrogens is 549 g/mol. The summed E-state index contributed by atoms with van der Waals surface area (Å²) < 4.78 is 12.5. The summed E-state index contributed by atoms with van der Waals surface area (Å²) in [7, 11) is -1.77. The van der Waals surface area contributed by atoms with E-state index in [1.165, 1.54) is 32.1 Å². The average Bonchev–Trinajstić information content (AvgIpc) is 3.15. The van der Waals surface area contributed by atoms with Crippen molar-refractivity contribution in [2.24, 2.45) is 51.8 Å². The predicted molar refractivity (Wildman–Crippen MR) is 181 cm³/mol. The van der Waals surface area contributed by atoms with E-state index in [-0.39, 0.29) is 22.5 Å². The molecule has 4 nitrogen and oxygen atoms in total. The lowest BCUT2D eigenvalue weighted by molar-refractivity contribution is -0.154. The summed E-state index contributed by atoms with van der Waals surface area (Å²) in [6, 6.07) is 0. The van der Waals surface area contributed by atoms with Crippen LogP contribution in [-0.2, 0) is 14.0 Å². The molecule has 5 heteroatoms. The van der Waals surface area contributed by atoms with Crippen molar-refractivity contribution in [1.29, 1.82) is 0 Å². The molecule has 0 radical (unpaired) electrons. The molecule has 4 aliphatic rings. The van der Waals surface area contributed by atoms with Crippen LogP contribution in [0.2, 0.25) is 18.1 Å². The number of aliphatic hydroxyl groups excluding tert-OH is 1. The second-order valence-electron chi connectivity index (χ2n) is 18.7. The highest BCUT2D eigenvalue weighted by Crippen LogP contribution is 2.67. The molecular formula is C38H68O4Si. The van der Waals surface area contributed by atoms with E-state index in [9.17, 15) is 9.90 Å². The highest BCUT2D eigenvalue weighted by atomic mass is 28.4. The Kier molecular flexibility index (Phi) is 10.2. The van der Waals surface area contributed by atoms with Crippen LogP contribution in [0.1, 0.15) is 133 Å². The minimum Gasteiger partial charge on any atom is -0.465 e. The van der Waals surface area contributed by atoms with Gasteiger partial charge in [0.25, 0.3) is 0 Å². The number of fused-ring (bicyclic) bond motifs is 5. The summed E-state index contributed by atoms with van der Waals surface area (Å²) in [6.07, 6.45) is 14.5. The smallest absolute Gasteiger partial charge is 0.311 e. The molecule has 0 aromatic rings. The van der Waals surface area contributed by atoms with Crippen LogP contribution in [-0.4, -0.2) is 38.2 Å². The first-order valence-corrected chi connectivity index (χ1v) is 20.8. The fraction of sp³-hybridized carbons (Fsp3) is 0.921. The van der Waals surface area contributed by atoms with Crippen molar-refractivity contribution < 1.29 is 19.1 Å². The highest BCUT2D eigenvalue weighted by molar-refractivity contribution is 6.74. The van der Waals surface area contributed by atoms with E-state index in [4.69, 9.17) is 9.16 Å². The number of carbonyl (C=O) groups excluding carboxylic acids is 1. The summed E-state index contributed by atoms with van der Waals surface area (Å²) >= 11 is 0. The normalized spacial score (nSPS) is 37.9. The Morgan fingerprint density at radius 2 is 1.72 bits per heavy atom. The molecule has 0 saturated heterocycles. The van der Waals surface area contributed by atoms with Gasteiger partial charge in [0.15, 0.2) is 8.32 Å². The summed E-state index contributed by atoms with van der Waals surface area (Å²) in [5.41, 5.74) is 1.79. The van der Waals surface area contributed by atoms with Crippen molar-refractivity contribution in [2.75, 3.05) is 6.61 Å². The van der Waals surface area contributed by atoms with Gasteiger partial charge in [0.05, 0.1) is 18.1 Å². The van der Waals surface area contributed by atoms with E-state index >= 15 is 0 Å². The molecule has 3 saturated carbocycles. The molecule has 0 amide bonds. The number of aliphatic hydroxyl groups is 1. The molecule has 3 fully saturated rings. The zero-order chi connectivity index (χ0) is 32.2. The van der Waals surface area contributed by atoms with Gasteiger partial charge in [-0.1, -0.05) is 73.0 Å². The third kappa shape index (κ3) is 7.04. The summed E-state index contributed by atoms with van der Waals surface area (Å²) in [6.45, 7) is 27.9. The minimum absolute atomic E-state index is 0.109. The second kappa shape index (κ2) is 12.5. The number of rotatable bonds is 9. The van der Waals surface area contributed by atoms with E-state index in [2.05, 4.69) is 67.6 Å². The first-order valence-electron chi connectivity index (χ1n) is 17.9. The molecule has 0 aromatic heterocycles. The van der Waals surface area contributed by atoms with Crippen LogP contribution in [0.5, 0.6) is 0 Å². The van der Waals surface area contributed by atoms with Crippen molar-refractivity contribution in [3.8, 4) is 0 Å². The van der Waals surface area contributed by atoms with Crippen LogP contribution in [0.3, 0.4) is 0 Å². The van der Waals surface area contributed by atoms with Gasteiger partial charge in [0, 0.05) is 6.10 Å².